The van der Waals surface area contributed by atoms with E-state index in [9.17, 15) is 9.59 Å². The van der Waals surface area contributed by atoms with Crippen molar-refractivity contribution in [3.63, 3.8) is 0 Å². The highest BCUT2D eigenvalue weighted by Gasteiger charge is 2.38. The molecule has 0 saturated heterocycles. The van der Waals surface area contributed by atoms with Gasteiger partial charge in [-0.25, -0.2) is 9.59 Å². The minimum absolute atomic E-state index is 0.197. The quantitative estimate of drug-likeness (QED) is 0.366. The van der Waals surface area contributed by atoms with E-state index < -0.39 is 5.79 Å². The predicted octanol–water partition coefficient (Wildman–Crippen LogP) is 4.23. The molecule has 1 aliphatic rings. The van der Waals surface area contributed by atoms with Crippen molar-refractivity contribution in [3.05, 3.63) is 59.1 Å². The van der Waals surface area contributed by atoms with Crippen LogP contribution in [0.15, 0.2) is 58.0 Å². The number of cyclic esters (lactones) is 1. The van der Waals surface area contributed by atoms with Crippen molar-refractivity contribution in [2.24, 2.45) is 0 Å². The fourth-order valence-electron chi connectivity index (χ4n) is 2.77. The summed E-state index contributed by atoms with van der Waals surface area (Å²) in [5, 5.41) is 0. The van der Waals surface area contributed by atoms with E-state index in [4.69, 9.17) is 18.6 Å². The number of allylic oxidation sites excluding steroid dienone is 2. The molecule has 1 aromatic heterocycles. The Kier molecular flexibility index (Phi) is 7.19. The van der Waals surface area contributed by atoms with Gasteiger partial charge < -0.3 is 18.6 Å². The second-order valence-electron chi connectivity index (χ2n) is 6.73. The molecule has 0 bridgehead atoms. The Balaban J connectivity index is 1.79. The summed E-state index contributed by atoms with van der Waals surface area (Å²) >= 11 is 0. The van der Waals surface area contributed by atoms with Crippen molar-refractivity contribution >= 4 is 11.9 Å². The molecule has 1 aromatic rings. The number of furan rings is 1. The number of rotatable bonds is 9. The third kappa shape index (κ3) is 6.25. The van der Waals surface area contributed by atoms with E-state index in [1.54, 1.807) is 25.3 Å². The van der Waals surface area contributed by atoms with Crippen LogP contribution in [0.5, 0.6) is 0 Å². The van der Waals surface area contributed by atoms with Gasteiger partial charge in [0.25, 0.3) is 0 Å². The molecule has 2 rings (SSSR count). The van der Waals surface area contributed by atoms with Gasteiger partial charge in [0, 0.05) is 30.7 Å². The third-order valence-corrected chi connectivity index (χ3v) is 4.25. The number of carbonyl (C=O) groups is 2. The Hall–Kier alpha value is -2.60. The zero-order valence-corrected chi connectivity index (χ0v) is 16.2. The van der Waals surface area contributed by atoms with Crippen LogP contribution in [0.4, 0.5) is 0 Å². The molecule has 0 unspecified atom stereocenters. The van der Waals surface area contributed by atoms with Crippen molar-refractivity contribution in [1.29, 1.82) is 0 Å². The minimum atomic E-state index is -1.01. The number of hydrogen-bond donors (Lipinski definition) is 0. The van der Waals surface area contributed by atoms with Crippen molar-refractivity contribution in [2.75, 3.05) is 7.11 Å². The number of carbonyl (C=O) groups excluding carboxylic acids is 2. The lowest BCUT2D eigenvalue weighted by Gasteiger charge is -2.24. The lowest BCUT2D eigenvalue weighted by atomic mass is 10.0. The second-order valence-corrected chi connectivity index (χ2v) is 6.73. The molecule has 0 amide bonds. The molecule has 6 nitrogen and oxygen atoms in total. The summed E-state index contributed by atoms with van der Waals surface area (Å²) in [6, 6.07) is 1.75. The Morgan fingerprint density at radius 2 is 2.07 bits per heavy atom. The molecule has 1 atom stereocenters. The summed E-state index contributed by atoms with van der Waals surface area (Å²) in [5.41, 5.74) is 3.35. The van der Waals surface area contributed by atoms with Crippen LogP contribution < -0.4 is 0 Å². The van der Waals surface area contributed by atoms with E-state index in [-0.39, 0.29) is 18.5 Å². The summed E-state index contributed by atoms with van der Waals surface area (Å²) in [6.45, 7) is 5.77. The highest BCUT2D eigenvalue weighted by molar-refractivity contribution is 5.90. The molecular formula is C21H26O6. The molecule has 0 radical (unpaired) electrons. The summed E-state index contributed by atoms with van der Waals surface area (Å²) < 4.78 is 20.8. The molecule has 0 spiro atoms. The van der Waals surface area contributed by atoms with E-state index in [1.165, 1.54) is 19.4 Å². The Morgan fingerprint density at radius 3 is 2.67 bits per heavy atom. The van der Waals surface area contributed by atoms with Crippen LogP contribution in [0.3, 0.4) is 0 Å². The monoisotopic (exact) mass is 374 g/mol. The SMILES string of the molecule is CO[C@@]1(C/C(C)=C/CC/C(C)=C/C(=O)OCc2ccoc2)C=C(C)C(=O)O1. The van der Waals surface area contributed by atoms with Gasteiger partial charge in [-0.15, -0.1) is 0 Å². The van der Waals surface area contributed by atoms with Gasteiger partial charge in [-0.2, -0.15) is 0 Å². The van der Waals surface area contributed by atoms with Crippen LogP contribution in [-0.4, -0.2) is 24.8 Å². The van der Waals surface area contributed by atoms with E-state index in [0.29, 0.717) is 12.0 Å². The highest BCUT2D eigenvalue weighted by atomic mass is 16.7. The van der Waals surface area contributed by atoms with Crippen molar-refractivity contribution in [1.82, 2.24) is 0 Å². The molecular weight excluding hydrogens is 348 g/mol. The minimum Gasteiger partial charge on any atom is -0.472 e. The van der Waals surface area contributed by atoms with Crippen LogP contribution >= 0.6 is 0 Å². The summed E-state index contributed by atoms with van der Waals surface area (Å²) in [4.78, 5) is 23.4. The normalized spacial score (nSPS) is 20.4. The van der Waals surface area contributed by atoms with Gasteiger partial charge >= 0.3 is 11.9 Å². The smallest absolute Gasteiger partial charge is 0.336 e. The number of ether oxygens (including phenoxy) is 3. The zero-order valence-electron chi connectivity index (χ0n) is 16.2. The van der Waals surface area contributed by atoms with Gasteiger partial charge in [-0.3, -0.25) is 0 Å². The molecule has 0 aromatic carbocycles. The molecule has 6 heteroatoms. The molecule has 2 heterocycles. The molecule has 27 heavy (non-hydrogen) atoms. The summed E-state index contributed by atoms with van der Waals surface area (Å²) in [7, 11) is 1.53. The zero-order chi connectivity index (χ0) is 19.9. The standard InChI is InChI=1S/C21H26O6/c1-15(10-19(22)26-14-18-8-9-25-13-18)6-5-7-16(2)11-21(24-4)12-17(3)20(23)27-21/h7-10,12-13H,5-6,11,14H2,1-4H3/b15-10+,16-7+/t21-/m1/s1. The molecule has 0 aliphatic carbocycles. The Morgan fingerprint density at radius 1 is 1.30 bits per heavy atom. The van der Waals surface area contributed by atoms with E-state index in [1.807, 2.05) is 13.8 Å². The first-order valence-electron chi connectivity index (χ1n) is 8.82. The lowest BCUT2D eigenvalue weighted by Crippen LogP contribution is -2.30. The van der Waals surface area contributed by atoms with Crippen molar-refractivity contribution in [3.8, 4) is 0 Å². The molecule has 0 N–H and O–H groups in total. The van der Waals surface area contributed by atoms with Crippen LogP contribution in [-0.2, 0) is 30.4 Å². The molecule has 1 aliphatic heterocycles. The molecule has 0 fully saturated rings. The first-order chi connectivity index (χ1) is 12.8. The largest absolute Gasteiger partial charge is 0.472 e. The average molecular weight is 374 g/mol. The van der Waals surface area contributed by atoms with Crippen molar-refractivity contribution in [2.45, 2.75) is 52.4 Å². The highest BCUT2D eigenvalue weighted by Crippen LogP contribution is 2.31. The summed E-state index contributed by atoms with van der Waals surface area (Å²) in [6.07, 6.45) is 10.3. The lowest BCUT2D eigenvalue weighted by molar-refractivity contribution is -0.188. The van der Waals surface area contributed by atoms with E-state index in [2.05, 4.69) is 6.08 Å². The predicted molar refractivity (Wildman–Crippen MR) is 99.5 cm³/mol. The average Bonchev–Trinajstić information content (AvgIpc) is 3.22. The first kappa shape index (κ1) is 20.7. The van der Waals surface area contributed by atoms with Gasteiger partial charge in [0.1, 0.15) is 6.61 Å². The topological polar surface area (TPSA) is 75.0 Å². The van der Waals surface area contributed by atoms with Crippen LogP contribution in [0.2, 0.25) is 0 Å². The fraction of sp³-hybridized carbons (Fsp3) is 0.429. The Bertz CT molecular complexity index is 754. The first-order valence-corrected chi connectivity index (χ1v) is 8.82. The Labute approximate surface area is 159 Å². The maximum absolute atomic E-state index is 11.8. The van der Waals surface area contributed by atoms with Crippen LogP contribution in [0.25, 0.3) is 0 Å². The molecule has 146 valence electrons. The van der Waals surface area contributed by atoms with Gasteiger partial charge in [-0.1, -0.05) is 17.2 Å². The number of hydrogen-bond acceptors (Lipinski definition) is 6. The van der Waals surface area contributed by atoms with Crippen molar-refractivity contribution < 1.29 is 28.2 Å². The van der Waals surface area contributed by atoms with Gasteiger partial charge in [0.15, 0.2) is 0 Å². The van der Waals surface area contributed by atoms with Crippen LogP contribution in [0.1, 0.15) is 45.6 Å². The number of methoxy groups -OCH3 is 1. The van der Waals surface area contributed by atoms with Gasteiger partial charge in [0.05, 0.1) is 12.5 Å². The third-order valence-electron chi connectivity index (χ3n) is 4.25. The van der Waals surface area contributed by atoms with Crippen LogP contribution in [0, 0.1) is 0 Å². The van der Waals surface area contributed by atoms with E-state index in [0.717, 1.165) is 29.6 Å². The van der Waals surface area contributed by atoms with Gasteiger partial charge in [0.2, 0.25) is 5.79 Å². The van der Waals surface area contributed by atoms with E-state index >= 15 is 0 Å². The fourth-order valence-corrected chi connectivity index (χ4v) is 2.77. The number of esters is 2. The molecule has 0 saturated carbocycles. The maximum Gasteiger partial charge on any atom is 0.336 e. The maximum atomic E-state index is 11.8. The summed E-state index contributed by atoms with van der Waals surface area (Å²) in [5.74, 6) is -1.73. The second kappa shape index (κ2) is 9.37. The van der Waals surface area contributed by atoms with Gasteiger partial charge in [-0.05, 0) is 45.8 Å².